The van der Waals surface area contributed by atoms with E-state index in [9.17, 15) is 4.79 Å². The van der Waals surface area contributed by atoms with E-state index in [1.807, 2.05) is 6.92 Å². The highest BCUT2D eigenvalue weighted by Crippen LogP contribution is 2.36. The molecular formula is C16H15BrO4. The van der Waals surface area contributed by atoms with Crippen molar-refractivity contribution in [3.05, 3.63) is 45.8 Å². The van der Waals surface area contributed by atoms with E-state index in [1.165, 1.54) is 0 Å². The van der Waals surface area contributed by atoms with Crippen LogP contribution in [0.2, 0.25) is 0 Å². The van der Waals surface area contributed by atoms with Crippen LogP contribution in [0.5, 0.6) is 11.5 Å². The second kappa shape index (κ2) is 5.93. The lowest BCUT2D eigenvalue weighted by Gasteiger charge is -2.11. The molecule has 0 bridgehead atoms. The molecule has 4 nitrogen and oxygen atoms in total. The molecule has 0 spiro atoms. The Kier molecular flexibility index (Phi) is 4.01. The predicted octanol–water partition coefficient (Wildman–Crippen LogP) is 4.00. The van der Waals surface area contributed by atoms with Crippen LogP contribution in [0.15, 0.2) is 33.4 Å². The molecule has 1 aromatic heterocycles. The zero-order valence-corrected chi connectivity index (χ0v) is 13.2. The minimum Gasteiger partial charge on any atom is -0.490 e. The molecule has 0 atom stereocenters. The minimum atomic E-state index is -0.0804. The number of rotatable bonds is 3. The predicted molar refractivity (Wildman–Crippen MR) is 81.3 cm³/mol. The Morgan fingerprint density at radius 1 is 1.19 bits per heavy atom. The first kappa shape index (κ1) is 14.2. The van der Waals surface area contributed by atoms with Crippen LogP contribution in [0.4, 0.5) is 0 Å². The lowest BCUT2D eigenvalue weighted by Crippen LogP contribution is -2.05. The zero-order valence-electron chi connectivity index (χ0n) is 11.6. The Labute approximate surface area is 131 Å². The van der Waals surface area contributed by atoms with Crippen molar-refractivity contribution < 1.29 is 18.7 Å². The van der Waals surface area contributed by atoms with Crippen molar-refractivity contribution in [1.29, 1.82) is 0 Å². The van der Waals surface area contributed by atoms with Crippen molar-refractivity contribution >= 4 is 21.7 Å². The fourth-order valence-electron chi connectivity index (χ4n) is 2.32. The summed E-state index contributed by atoms with van der Waals surface area (Å²) in [5, 5.41) is 0. The van der Waals surface area contributed by atoms with Gasteiger partial charge in [-0.3, -0.25) is 4.79 Å². The summed E-state index contributed by atoms with van der Waals surface area (Å²) >= 11 is 3.45. The van der Waals surface area contributed by atoms with Crippen molar-refractivity contribution in [1.82, 2.24) is 0 Å². The third-order valence-corrected chi connectivity index (χ3v) is 4.05. The third-order valence-electron chi connectivity index (χ3n) is 3.39. The number of benzene rings is 1. The lowest BCUT2D eigenvalue weighted by molar-refractivity contribution is 0.103. The highest BCUT2D eigenvalue weighted by Gasteiger charge is 2.21. The Morgan fingerprint density at radius 3 is 2.62 bits per heavy atom. The number of ether oxygens (including phenoxy) is 2. The molecule has 0 aliphatic carbocycles. The SMILES string of the molecule is CCc1occc1C(=O)c1cc2c(cc1Br)OCCCO2. The normalized spacial score (nSPS) is 13.8. The van der Waals surface area contributed by atoms with Gasteiger partial charge in [-0.2, -0.15) is 0 Å². The standard InChI is InChI=1S/C16H15BrO4/c1-2-13-10(4-7-21-13)16(18)11-8-14-15(9-12(11)17)20-6-3-5-19-14/h4,7-9H,2-3,5-6H2,1H3. The van der Waals surface area contributed by atoms with Crippen LogP contribution < -0.4 is 9.47 Å². The molecular weight excluding hydrogens is 336 g/mol. The van der Waals surface area contributed by atoms with Crippen molar-refractivity contribution in [3.8, 4) is 11.5 Å². The fourth-order valence-corrected chi connectivity index (χ4v) is 2.82. The maximum absolute atomic E-state index is 12.7. The van der Waals surface area contributed by atoms with E-state index in [2.05, 4.69) is 15.9 Å². The third kappa shape index (κ3) is 2.70. The molecule has 0 saturated heterocycles. The number of fused-ring (bicyclic) bond motifs is 1. The van der Waals surface area contributed by atoms with Gasteiger partial charge >= 0.3 is 0 Å². The van der Waals surface area contributed by atoms with Gasteiger partial charge in [0.25, 0.3) is 0 Å². The molecule has 110 valence electrons. The molecule has 0 saturated carbocycles. The summed E-state index contributed by atoms with van der Waals surface area (Å²) in [6.45, 7) is 3.17. The van der Waals surface area contributed by atoms with Gasteiger partial charge in [0.15, 0.2) is 17.3 Å². The van der Waals surface area contributed by atoms with Gasteiger partial charge in [0.2, 0.25) is 0 Å². The summed E-state index contributed by atoms with van der Waals surface area (Å²) in [4.78, 5) is 12.7. The maximum atomic E-state index is 12.7. The van der Waals surface area contributed by atoms with Crippen LogP contribution in [0.25, 0.3) is 0 Å². The average molecular weight is 351 g/mol. The number of carbonyl (C=O) groups is 1. The molecule has 0 radical (unpaired) electrons. The number of aryl methyl sites for hydroxylation is 1. The van der Waals surface area contributed by atoms with Gasteiger partial charge < -0.3 is 13.9 Å². The first-order valence-electron chi connectivity index (χ1n) is 6.91. The van der Waals surface area contributed by atoms with Gasteiger partial charge in [0, 0.05) is 22.9 Å². The van der Waals surface area contributed by atoms with E-state index < -0.39 is 0 Å². The monoisotopic (exact) mass is 350 g/mol. The van der Waals surface area contributed by atoms with E-state index in [1.54, 1.807) is 24.5 Å². The molecule has 0 unspecified atom stereocenters. The summed E-state index contributed by atoms with van der Waals surface area (Å²) in [7, 11) is 0. The zero-order chi connectivity index (χ0) is 14.8. The Morgan fingerprint density at radius 2 is 1.90 bits per heavy atom. The van der Waals surface area contributed by atoms with Crippen molar-refractivity contribution in [3.63, 3.8) is 0 Å². The molecule has 1 aliphatic heterocycles. The van der Waals surface area contributed by atoms with Crippen molar-refractivity contribution in [2.24, 2.45) is 0 Å². The molecule has 1 aliphatic rings. The molecule has 2 aromatic rings. The van der Waals surface area contributed by atoms with Crippen LogP contribution in [0.3, 0.4) is 0 Å². The van der Waals surface area contributed by atoms with Crippen LogP contribution in [-0.2, 0) is 6.42 Å². The minimum absolute atomic E-state index is 0.0804. The van der Waals surface area contributed by atoms with Gasteiger partial charge in [0.05, 0.1) is 25.0 Å². The van der Waals surface area contributed by atoms with E-state index in [-0.39, 0.29) is 5.78 Å². The van der Waals surface area contributed by atoms with Gasteiger partial charge in [0.1, 0.15) is 5.76 Å². The largest absolute Gasteiger partial charge is 0.490 e. The van der Waals surface area contributed by atoms with Crippen LogP contribution in [-0.4, -0.2) is 19.0 Å². The molecule has 3 rings (SSSR count). The second-order valence-corrected chi connectivity index (χ2v) is 5.62. The van der Waals surface area contributed by atoms with Gasteiger partial charge in [-0.05, 0) is 34.1 Å². The van der Waals surface area contributed by atoms with E-state index >= 15 is 0 Å². The highest BCUT2D eigenvalue weighted by molar-refractivity contribution is 9.10. The average Bonchev–Trinajstić information content (AvgIpc) is 2.85. The van der Waals surface area contributed by atoms with Crippen molar-refractivity contribution in [2.45, 2.75) is 19.8 Å². The quantitative estimate of drug-likeness (QED) is 0.785. The number of hydrogen-bond donors (Lipinski definition) is 0. The van der Waals surface area contributed by atoms with E-state index in [4.69, 9.17) is 13.9 Å². The number of ketones is 1. The molecule has 21 heavy (non-hydrogen) atoms. The lowest BCUT2D eigenvalue weighted by atomic mass is 10.0. The Hall–Kier alpha value is -1.75. The summed E-state index contributed by atoms with van der Waals surface area (Å²) < 4.78 is 17.3. The second-order valence-electron chi connectivity index (χ2n) is 4.77. The summed E-state index contributed by atoms with van der Waals surface area (Å²) in [6.07, 6.45) is 3.05. The van der Waals surface area contributed by atoms with Gasteiger partial charge in [-0.1, -0.05) is 6.92 Å². The Balaban J connectivity index is 2.02. The Bertz CT molecular complexity index is 675. The fraction of sp³-hybridized carbons (Fsp3) is 0.312. The summed E-state index contributed by atoms with van der Waals surface area (Å²) in [6, 6.07) is 5.23. The number of halogens is 1. The maximum Gasteiger partial charge on any atom is 0.197 e. The summed E-state index contributed by atoms with van der Waals surface area (Å²) in [5.41, 5.74) is 1.14. The molecule has 5 heteroatoms. The van der Waals surface area contributed by atoms with E-state index in [0.29, 0.717) is 52.5 Å². The van der Waals surface area contributed by atoms with Gasteiger partial charge in [-0.15, -0.1) is 0 Å². The molecule has 2 heterocycles. The van der Waals surface area contributed by atoms with Crippen molar-refractivity contribution in [2.75, 3.05) is 13.2 Å². The number of furan rings is 1. The molecule has 0 N–H and O–H groups in total. The molecule has 0 amide bonds. The smallest absolute Gasteiger partial charge is 0.197 e. The first-order chi connectivity index (χ1) is 10.2. The molecule has 1 aromatic carbocycles. The van der Waals surface area contributed by atoms with Crippen LogP contribution in [0, 0.1) is 0 Å². The summed E-state index contributed by atoms with van der Waals surface area (Å²) in [5.74, 6) is 1.89. The highest BCUT2D eigenvalue weighted by atomic mass is 79.9. The van der Waals surface area contributed by atoms with Gasteiger partial charge in [-0.25, -0.2) is 0 Å². The topological polar surface area (TPSA) is 48.7 Å². The van der Waals surface area contributed by atoms with Crippen LogP contribution >= 0.6 is 15.9 Å². The number of hydrogen-bond acceptors (Lipinski definition) is 4. The first-order valence-corrected chi connectivity index (χ1v) is 7.70. The van der Waals surface area contributed by atoms with Crippen LogP contribution in [0.1, 0.15) is 35.0 Å². The molecule has 0 fully saturated rings. The number of carbonyl (C=O) groups excluding carboxylic acids is 1. The van der Waals surface area contributed by atoms with E-state index in [0.717, 1.165) is 6.42 Å².